The maximum absolute atomic E-state index is 12.2. The fourth-order valence-corrected chi connectivity index (χ4v) is 4.10. The summed E-state index contributed by atoms with van der Waals surface area (Å²) in [6.07, 6.45) is 15.0. The molecular formula is C21H34O3S. The van der Waals surface area contributed by atoms with E-state index in [-0.39, 0.29) is 6.61 Å². The van der Waals surface area contributed by atoms with Gasteiger partial charge < -0.3 is 0 Å². The highest BCUT2D eigenvalue weighted by molar-refractivity contribution is 7.86. The quantitative estimate of drug-likeness (QED) is 0.216. The van der Waals surface area contributed by atoms with E-state index in [0.29, 0.717) is 4.90 Å². The first kappa shape index (κ1) is 21.9. The van der Waals surface area contributed by atoms with Crippen LogP contribution in [0.4, 0.5) is 0 Å². The van der Waals surface area contributed by atoms with Gasteiger partial charge in [-0.25, -0.2) is 0 Å². The van der Waals surface area contributed by atoms with Gasteiger partial charge in [0.25, 0.3) is 10.1 Å². The molecule has 0 bridgehead atoms. The molecule has 3 nitrogen and oxygen atoms in total. The zero-order valence-electron chi connectivity index (χ0n) is 15.7. The number of unbranched alkanes of at least 4 members (excludes halogenated alkanes) is 9. The maximum Gasteiger partial charge on any atom is 0.297 e. The monoisotopic (exact) mass is 366 g/mol. The van der Waals surface area contributed by atoms with Gasteiger partial charge in [-0.1, -0.05) is 89.0 Å². The molecule has 0 aliphatic carbocycles. The van der Waals surface area contributed by atoms with Crippen molar-refractivity contribution in [3.63, 3.8) is 0 Å². The molecule has 25 heavy (non-hydrogen) atoms. The van der Waals surface area contributed by atoms with E-state index in [1.807, 2.05) is 12.1 Å². The molecule has 0 amide bonds. The van der Waals surface area contributed by atoms with Gasteiger partial charge in [0, 0.05) is 0 Å². The second-order valence-electron chi connectivity index (χ2n) is 6.57. The molecule has 1 aromatic carbocycles. The van der Waals surface area contributed by atoms with Gasteiger partial charge in [-0.3, -0.25) is 4.18 Å². The second kappa shape index (κ2) is 13.1. The zero-order chi connectivity index (χ0) is 18.4. The Morgan fingerprint density at radius 2 is 1.48 bits per heavy atom. The van der Waals surface area contributed by atoms with Gasteiger partial charge in [-0.05, 0) is 24.5 Å². The maximum atomic E-state index is 12.2. The first-order valence-corrected chi connectivity index (χ1v) is 11.1. The molecular weight excluding hydrogens is 332 g/mol. The number of benzene rings is 1. The molecule has 0 fully saturated rings. The highest BCUT2D eigenvalue weighted by Crippen LogP contribution is 2.20. The molecule has 0 unspecified atom stereocenters. The van der Waals surface area contributed by atoms with E-state index in [2.05, 4.69) is 13.5 Å². The molecule has 0 spiro atoms. The Hall–Kier alpha value is -1.13. The lowest BCUT2D eigenvalue weighted by Gasteiger charge is -2.10. The van der Waals surface area contributed by atoms with Crippen LogP contribution in [0.15, 0.2) is 41.8 Å². The minimum atomic E-state index is -3.69. The summed E-state index contributed by atoms with van der Waals surface area (Å²) in [5.74, 6) is 0. The van der Waals surface area contributed by atoms with Crippen molar-refractivity contribution < 1.29 is 12.6 Å². The van der Waals surface area contributed by atoms with Crippen LogP contribution in [0.25, 0.3) is 0 Å². The first-order valence-electron chi connectivity index (χ1n) is 9.70. The third-order valence-electron chi connectivity index (χ3n) is 4.38. The third kappa shape index (κ3) is 9.22. The highest BCUT2D eigenvalue weighted by atomic mass is 32.2. The summed E-state index contributed by atoms with van der Waals surface area (Å²) < 4.78 is 29.4. The smallest absolute Gasteiger partial charge is 0.262 e. The minimum absolute atomic E-state index is 0.00885. The number of rotatable bonds is 15. The summed E-state index contributed by atoms with van der Waals surface area (Å²) in [4.78, 5) is 0.299. The van der Waals surface area contributed by atoms with Crippen LogP contribution in [-0.2, 0) is 20.7 Å². The summed E-state index contributed by atoms with van der Waals surface area (Å²) in [7, 11) is -3.69. The predicted molar refractivity (Wildman–Crippen MR) is 105 cm³/mol. The Balaban J connectivity index is 2.30. The van der Waals surface area contributed by atoms with E-state index in [1.165, 1.54) is 57.4 Å². The molecule has 0 saturated heterocycles. The summed E-state index contributed by atoms with van der Waals surface area (Å²) in [5.41, 5.74) is 0.853. The van der Waals surface area contributed by atoms with Crippen molar-refractivity contribution in [2.75, 3.05) is 6.61 Å². The average Bonchev–Trinajstić information content (AvgIpc) is 2.62. The lowest BCUT2D eigenvalue weighted by Crippen LogP contribution is -2.09. The molecule has 0 N–H and O–H groups in total. The van der Waals surface area contributed by atoms with Crippen molar-refractivity contribution in [1.29, 1.82) is 0 Å². The van der Waals surface area contributed by atoms with Gasteiger partial charge in [0.15, 0.2) is 0 Å². The second-order valence-corrected chi connectivity index (χ2v) is 8.15. The van der Waals surface area contributed by atoms with Gasteiger partial charge >= 0.3 is 0 Å². The summed E-state index contributed by atoms with van der Waals surface area (Å²) in [6, 6.07) is 7.15. The van der Waals surface area contributed by atoms with Crippen molar-refractivity contribution in [3.8, 4) is 0 Å². The van der Waals surface area contributed by atoms with Gasteiger partial charge in [0.2, 0.25) is 0 Å². The van der Waals surface area contributed by atoms with Crippen LogP contribution in [-0.4, -0.2) is 15.0 Å². The molecule has 0 atom stereocenters. The Morgan fingerprint density at radius 3 is 2.08 bits per heavy atom. The van der Waals surface area contributed by atoms with E-state index in [0.717, 1.165) is 24.8 Å². The van der Waals surface area contributed by atoms with E-state index in [1.54, 1.807) is 12.1 Å². The van der Waals surface area contributed by atoms with Crippen LogP contribution >= 0.6 is 0 Å². The molecule has 0 aromatic heterocycles. The zero-order valence-corrected chi connectivity index (χ0v) is 16.5. The largest absolute Gasteiger partial charge is 0.297 e. The minimum Gasteiger partial charge on any atom is -0.262 e. The predicted octanol–water partition coefficient (Wildman–Crippen LogP) is 6.04. The fraction of sp³-hybridized carbons (Fsp3) is 0.619. The van der Waals surface area contributed by atoms with E-state index in [9.17, 15) is 8.42 Å². The van der Waals surface area contributed by atoms with E-state index in [4.69, 9.17) is 4.18 Å². The van der Waals surface area contributed by atoms with Crippen molar-refractivity contribution in [2.24, 2.45) is 0 Å². The summed E-state index contributed by atoms with van der Waals surface area (Å²) >= 11 is 0. The number of hydrogen-bond acceptors (Lipinski definition) is 3. The van der Waals surface area contributed by atoms with Crippen LogP contribution in [0.5, 0.6) is 0 Å². The van der Waals surface area contributed by atoms with Gasteiger partial charge in [0.05, 0.1) is 11.5 Å². The molecule has 0 heterocycles. The summed E-state index contributed by atoms with van der Waals surface area (Å²) in [5, 5.41) is 0. The SMILES string of the molecule is C=CCOS(=O)(=O)c1ccccc1CCCCCCCCCCCC. The fourth-order valence-electron chi connectivity index (χ4n) is 2.96. The standard InChI is InChI=1S/C21H34O3S/c1-3-5-6-7-8-9-10-11-12-13-16-20-17-14-15-18-21(20)25(22,23)24-19-4-2/h4,14-15,17-18H,2-3,5-13,16,19H2,1H3. The van der Waals surface area contributed by atoms with E-state index >= 15 is 0 Å². The number of aryl methyl sites for hydroxylation is 1. The third-order valence-corrected chi connectivity index (χ3v) is 5.77. The van der Waals surface area contributed by atoms with Crippen LogP contribution < -0.4 is 0 Å². The molecule has 0 radical (unpaired) electrons. The topological polar surface area (TPSA) is 43.4 Å². The van der Waals surface area contributed by atoms with Gasteiger partial charge in [0.1, 0.15) is 0 Å². The van der Waals surface area contributed by atoms with Crippen LogP contribution in [0, 0.1) is 0 Å². The lowest BCUT2D eigenvalue weighted by atomic mass is 10.0. The molecule has 4 heteroatoms. The lowest BCUT2D eigenvalue weighted by molar-refractivity contribution is 0.357. The molecule has 0 saturated carbocycles. The Labute approximate surface area is 154 Å². The number of hydrogen-bond donors (Lipinski definition) is 0. The molecule has 1 rings (SSSR count). The van der Waals surface area contributed by atoms with Crippen molar-refractivity contribution in [2.45, 2.75) is 82.4 Å². The molecule has 0 aliphatic rings. The Bertz CT molecular complexity index is 579. The van der Waals surface area contributed by atoms with Crippen molar-refractivity contribution in [3.05, 3.63) is 42.5 Å². The van der Waals surface area contributed by atoms with Gasteiger partial charge in [-0.15, -0.1) is 6.58 Å². The van der Waals surface area contributed by atoms with Gasteiger partial charge in [-0.2, -0.15) is 8.42 Å². The van der Waals surface area contributed by atoms with Crippen LogP contribution in [0.1, 0.15) is 76.7 Å². The highest BCUT2D eigenvalue weighted by Gasteiger charge is 2.18. The van der Waals surface area contributed by atoms with E-state index < -0.39 is 10.1 Å². The van der Waals surface area contributed by atoms with Crippen molar-refractivity contribution >= 4 is 10.1 Å². The van der Waals surface area contributed by atoms with Crippen LogP contribution in [0.2, 0.25) is 0 Å². The van der Waals surface area contributed by atoms with Crippen LogP contribution in [0.3, 0.4) is 0 Å². The molecule has 1 aromatic rings. The van der Waals surface area contributed by atoms with Crippen molar-refractivity contribution in [1.82, 2.24) is 0 Å². The first-order chi connectivity index (χ1) is 12.1. The Kier molecular flexibility index (Phi) is 11.5. The normalized spacial score (nSPS) is 11.6. The average molecular weight is 367 g/mol. The summed E-state index contributed by atoms with van der Waals surface area (Å²) in [6.45, 7) is 5.75. The Morgan fingerprint density at radius 1 is 0.920 bits per heavy atom. The molecule has 0 aliphatic heterocycles. The molecule has 142 valence electrons.